The zero-order valence-electron chi connectivity index (χ0n) is 14.8. The van der Waals surface area contributed by atoms with Crippen LogP contribution in [0.15, 0.2) is 5.38 Å². The topological polar surface area (TPSA) is 71.5 Å². The number of aliphatic hydroxyl groups is 1. The summed E-state index contributed by atoms with van der Waals surface area (Å²) in [4.78, 5) is 15.9. The fourth-order valence-electron chi connectivity index (χ4n) is 1.79. The number of thiazole rings is 1. The van der Waals surface area contributed by atoms with Crippen molar-refractivity contribution in [3.05, 3.63) is 16.1 Å². The highest BCUT2D eigenvalue weighted by Crippen LogP contribution is 2.28. The van der Waals surface area contributed by atoms with E-state index in [0.29, 0.717) is 24.0 Å². The van der Waals surface area contributed by atoms with E-state index in [2.05, 4.69) is 44.3 Å². The highest BCUT2D eigenvalue weighted by molar-refractivity contribution is 7.98. The number of hydrogen-bond donors (Lipinski definition) is 2. The molecule has 7 heteroatoms. The normalized spacial score (nSPS) is 14.8. The van der Waals surface area contributed by atoms with Gasteiger partial charge in [0.2, 0.25) is 0 Å². The number of carbonyl (C=O) groups excluding carboxylic acids is 1. The van der Waals surface area contributed by atoms with Crippen molar-refractivity contribution >= 4 is 29.3 Å². The Morgan fingerprint density at radius 2 is 2.13 bits per heavy atom. The van der Waals surface area contributed by atoms with E-state index in [1.807, 2.05) is 0 Å². The standard InChI is InChI=1S/C16H28N2O3S2/c1-7-21-15(20)12-9-22-14(17-12)13(19)8-11(10(2)3)18-23-16(4,5)6/h9-11,13,18-19H,7-8H2,1-6H3. The van der Waals surface area contributed by atoms with E-state index >= 15 is 0 Å². The Labute approximate surface area is 147 Å². The predicted octanol–water partition coefficient (Wildman–Crippen LogP) is 3.80. The second kappa shape index (κ2) is 9.01. The van der Waals surface area contributed by atoms with Gasteiger partial charge in [-0.25, -0.2) is 9.78 Å². The summed E-state index contributed by atoms with van der Waals surface area (Å²) in [6, 6.07) is 0.157. The van der Waals surface area contributed by atoms with Gasteiger partial charge in [-0.1, -0.05) is 25.8 Å². The number of nitrogens with one attached hydrogen (secondary N) is 1. The number of hydrogen-bond acceptors (Lipinski definition) is 7. The first-order valence-corrected chi connectivity index (χ1v) is 9.57. The highest BCUT2D eigenvalue weighted by Gasteiger charge is 2.24. The average molecular weight is 361 g/mol. The van der Waals surface area contributed by atoms with Crippen LogP contribution in [0.2, 0.25) is 0 Å². The molecule has 2 unspecified atom stereocenters. The van der Waals surface area contributed by atoms with E-state index in [4.69, 9.17) is 4.74 Å². The van der Waals surface area contributed by atoms with Crippen LogP contribution < -0.4 is 4.72 Å². The molecule has 0 saturated carbocycles. The smallest absolute Gasteiger partial charge is 0.357 e. The van der Waals surface area contributed by atoms with Crippen molar-refractivity contribution < 1.29 is 14.6 Å². The third-order valence-electron chi connectivity index (χ3n) is 3.09. The molecule has 0 fully saturated rings. The Balaban J connectivity index is 2.68. The first kappa shape index (κ1) is 20.4. The third-order valence-corrected chi connectivity index (χ3v) is 5.07. The van der Waals surface area contributed by atoms with E-state index in [-0.39, 0.29) is 16.5 Å². The van der Waals surface area contributed by atoms with Crippen molar-refractivity contribution in [2.24, 2.45) is 5.92 Å². The number of aliphatic hydroxyl groups excluding tert-OH is 1. The minimum atomic E-state index is -0.691. The molecule has 0 aliphatic rings. The van der Waals surface area contributed by atoms with Crippen molar-refractivity contribution in [2.75, 3.05) is 6.61 Å². The summed E-state index contributed by atoms with van der Waals surface area (Å²) in [6.07, 6.45) is -0.139. The molecule has 2 atom stereocenters. The lowest BCUT2D eigenvalue weighted by Crippen LogP contribution is -2.33. The van der Waals surface area contributed by atoms with E-state index in [1.54, 1.807) is 24.3 Å². The molecular weight excluding hydrogens is 332 g/mol. The molecule has 1 aromatic heterocycles. The molecule has 0 aromatic carbocycles. The van der Waals surface area contributed by atoms with Crippen LogP contribution in [-0.2, 0) is 4.74 Å². The van der Waals surface area contributed by atoms with Crippen molar-refractivity contribution in [1.82, 2.24) is 9.71 Å². The lowest BCUT2D eigenvalue weighted by molar-refractivity contribution is 0.0519. The fourth-order valence-corrected chi connectivity index (χ4v) is 3.45. The van der Waals surface area contributed by atoms with Crippen LogP contribution in [0.5, 0.6) is 0 Å². The molecule has 5 nitrogen and oxygen atoms in total. The van der Waals surface area contributed by atoms with Gasteiger partial charge in [0.15, 0.2) is 5.69 Å². The van der Waals surface area contributed by atoms with Crippen LogP contribution in [0.1, 0.15) is 69.6 Å². The maximum absolute atomic E-state index is 11.6. The van der Waals surface area contributed by atoms with Gasteiger partial charge in [-0.2, -0.15) is 0 Å². The third kappa shape index (κ3) is 7.20. The molecule has 1 aromatic rings. The van der Waals surface area contributed by atoms with Crippen LogP contribution in [0.25, 0.3) is 0 Å². The molecule has 0 spiro atoms. The van der Waals surface area contributed by atoms with Gasteiger partial charge < -0.3 is 9.84 Å². The van der Waals surface area contributed by atoms with Crippen molar-refractivity contribution in [3.63, 3.8) is 0 Å². The first-order valence-electron chi connectivity index (χ1n) is 7.88. The first-order chi connectivity index (χ1) is 10.6. The monoisotopic (exact) mass is 360 g/mol. The van der Waals surface area contributed by atoms with E-state index < -0.39 is 12.1 Å². The molecule has 0 amide bonds. The predicted molar refractivity (Wildman–Crippen MR) is 96.8 cm³/mol. The van der Waals surface area contributed by atoms with E-state index in [0.717, 1.165) is 0 Å². The minimum absolute atomic E-state index is 0.107. The zero-order chi connectivity index (χ0) is 17.6. The van der Waals surface area contributed by atoms with Crippen molar-refractivity contribution in [2.45, 2.75) is 64.9 Å². The Morgan fingerprint density at radius 1 is 1.48 bits per heavy atom. The summed E-state index contributed by atoms with van der Waals surface area (Å²) >= 11 is 2.96. The molecule has 0 aliphatic heterocycles. The number of carbonyl (C=O) groups is 1. The molecular formula is C16H28N2O3S2. The summed E-state index contributed by atoms with van der Waals surface area (Å²) in [6.45, 7) is 12.8. The van der Waals surface area contributed by atoms with Gasteiger partial charge in [-0.3, -0.25) is 4.72 Å². The number of esters is 1. The van der Waals surface area contributed by atoms with E-state index in [9.17, 15) is 9.90 Å². The summed E-state index contributed by atoms with van der Waals surface area (Å²) in [7, 11) is 0. The molecule has 0 radical (unpaired) electrons. The minimum Gasteiger partial charge on any atom is -0.461 e. The van der Waals surface area contributed by atoms with Crippen molar-refractivity contribution in [3.8, 4) is 0 Å². The van der Waals surface area contributed by atoms with Gasteiger partial charge in [0.05, 0.1) is 6.61 Å². The second-order valence-electron chi connectivity index (χ2n) is 6.73. The molecule has 2 N–H and O–H groups in total. The zero-order valence-corrected chi connectivity index (χ0v) is 16.4. The van der Waals surface area contributed by atoms with E-state index in [1.165, 1.54) is 11.3 Å². The Hall–Kier alpha value is -0.630. The summed E-state index contributed by atoms with van der Waals surface area (Å²) in [5.41, 5.74) is 0.268. The van der Waals surface area contributed by atoms with Gasteiger partial charge in [-0.05, 0) is 40.0 Å². The molecule has 0 bridgehead atoms. The van der Waals surface area contributed by atoms with Crippen LogP contribution in [0.3, 0.4) is 0 Å². The lowest BCUT2D eigenvalue weighted by Gasteiger charge is -2.27. The van der Waals surface area contributed by atoms with Gasteiger partial charge in [0, 0.05) is 16.2 Å². The van der Waals surface area contributed by atoms with Gasteiger partial charge in [-0.15, -0.1) is 11.3 Å². The van der Waals surface area contributed by atoms with Crippen LogP contribution in [0.4, 0.5) is 0 Å². The molecule has 1 heterocycles. The number of nitrogens with zero attached hydrogens (tertiary/aromatic N) is 1. The SMILES string of the molecule is CCOC(=O)c1csc(C(O)CC(NSC(C)(C)C)C(C)C)n1. The summed E-state index contributed by atoms with van der Waals surface area (Å²) in [5, 5.41) is 12.6. The summed E-state index contributed by atoms with van der Waals surface area (Å²) < 4.78 is 8.48. The molecule has 1 rings (SSSR count). The van der Waals surface area contributed by atoms with Gasteiger partial charge in [0.25, 0.3) is 0 Å². The number of rotatable bonds is 8. The molecule has 0 saturated heterocycles. The quantitative estimate of drug-likeness (QED) is 0.543. The van der Waals surface area contributed by atoms with Crippen LogP contribution in [0, 0.1) is 5.92 Å². The lowest BCUT2D eigenvalue weighted by atomic mass is 9.99. The van der Waals surface area contributed by atoms with Crippen LogP contribution in [-0.4, -0.2) is 33.5 Å². The number of ether oxygens (including phenoxy) is 1. The van der Waals surface area contributed by atoms with Crippen molar-refractivity contribution in [1.29, 1.82) is 0 Å². The Bertz CT molecular complexity index is 498. The van der Waals surface area contributed by atoms with Gasteiger partial charge in [0.1, 0.15) is 11.1 Å². The Morgan fingerprint density at radius 3 is 2.65 bits per heavy atom. The van der Waals surface area contributed by atoms with Gasteiger partial charge >= 0.3 is 5.97 Å². The maximum Gasteiger partial charge on any atom is 0.357 e. The second-order valence-corrected chi connectivity index (χ2v) is 9.28. The summed E-state index contributed by atoms with van der Waals surface area (Å²) in [5.74, 6) is -0.0620. The molecule has 0 aliphatic carbocycles. The fraction of sp³-hybridized carbons (Fsp3) is 0.750. The largest absolute Gasteiger partial charge is 0.461 e. The number of aromatic nitrogens is 1. The maximum atomic E-state index is 11.6. The highest BCUT2D eigenvalue weighted by atomic mass is 32.2. The van der Waals surface area contributed by atoms with Crippen LogP contribution >= 0.6 is 23.3 Å². The molecule has 132 valence electrons. The Kier molecular flexibility index (Phi) is 8.00. The molecule has 23 heavy (non-hydrogen) atoms. The average Bonchev–Trinajstić information content (AvgIpc) is 2.92.